The zero-order valence-electron chi connectivity index (χ0n) is 11.8. The molecule has 1 aliphatic heterocycles. The SMILES string of the molecule is CC1CCCN(C(=O)COC(=O)c2cc(Cl)ccc2O)C1. The van der Waals surface area contributed by atoms with Crippen LogP contribution in [0.5, 0.6) is 5.75 Å². The minimum Gasteiger partial charge on any atom is -0.507 e. The Hall–Kier alpha value is -1.75. The Morgan fingerprint density at radius 3 is 2.95 bits per heavy atom. The molecule has 0 saturated carbocycles. The van der Waals surface area contributed by atoms with Crippen LogP contribution in [-0.2, 0) is 9.53 Å². The number of ether oxygens (including phenoxy) is 1. The third kappa shape index (κ3) is 4.11. The van der Waals surface area contributed by atoms with Crippen LogP contribution >= 0.6 is 11.6 Å². The van der Waals surface area contributed by atoms with Gasteiger partial charge in [0.1, 0.15) is 11.3 Å². The van der Waals surface area contributed by atoms with Gasteiger partial charge in [0, 0.05) is 18.1 Å². The second-order valence-electron chi connectivity index (χ2n) is 5.32. The molecule has 0 spiro atoms. The fraction of sp³-hybridized carbons (Fsp3) is 0.467. The van der Waals surface area contributed by atoms with Gasteiger partial charge in [-0.2, -0.15) is 0 Å². The Kier molecular flexibility index (Phi) is 5.07. The van der Waals surface area contributed by atoms with E-state index >= 15 is 0 Å². The summed E-state index contributed by atoms with van der Waals surface area (Å²) in [6.07, 6.45) is 2.08. The number of piperidine rings is 1. The molecule has 1 saturated heterocycles. The summed E-state index contributed by atoms with van der Waals surface area (Å²) in [5.74, 6) is -0.719. The van der Waals surface area contributed by atoms with E-state index in [0.717, 1.165) is 12.8 Å². The number of carbonyl (C=O) groups is 2. The molecule has 0 radical (unpaired) electrons. The summed E-state index contributed by atoms with van der Waals surface area (Å²) >= 11 is 5.77. The largest absolute Gasteiger partial charge is 0.507 e. The van der Waals surface area contributed by atoms with E-state index in [1.165, 1.54) is 18.2 Å². The van der Waals surface area contributed by atoms with E-state index in [0.29, 0.717) is 24.0 Å². The van der Waals surface area contributed by atoms with Gasteiger partial charge in [-0.05, 0) is 37.0 Å². The van der Waals surface area contributed by atoms with Crippen LogP contribution in [0.2, 0.25) is 5.02 Å². The number of esters is 1. The Morgan fingerprint density at radius 2 is 2.24 bits per heavy atom. The lowest BCUT2D eigenvalue weighted by molar-refractivity contribution is -0.136. The number of hydrogen-bond donors (Lipinski definition) is 1. The molecule has 0 aliphatic carbocycles. The van der Waals surface area contributed by atoms with Crippen LogP contribution in [0.1, 0.15) is 30.1 Å². The maximum Gasteiger partial charge on any atom is 0.342 e. The van der Waals surface area contributed by atoms with Gasteiger partial charge >= 0.3 is 5.97 Å². The molecule has 0 bridgehead atoms. The van der Waals surface area contributed by atoms with Gasteiger partial charge < -0.3 is 14.7 Å². The van der Waals surface area contributed by atoms with Crippen molar-refractivity contribution in [3.63, 3.8) is 0 Å². The predicted octanol–water partition coefficient (Wildman–Crippen LogP) is 2.46. The average Bonchev–Trinajstić information content (AvgIpc) is 2.47. The van der Waals surface area contributed by atoms with Crippen LogP contribution in [0.3, 0.4) is 0 Å². The lowest BCUT2D eigenvalue weighted by Crippen LogP contribution is -2.41. The minimum absolute atomic E-state index is 0.0395. The molecule has 1 amide bonds. The molecule has 1 fully saturated rings. The van der Waals surface area contributed by atoms with E-state index in [9.17, 15) is 14.7 Å². The van der Waals surface area contributed by atoms with Crippen LogP contribution in [0, 0.1) is 5.92 Å². The van der Waals surface area contributed by atoms with E-state index in [-0.39, 0.29) is 23.8 Å². The highest BCUT2D eigenvalue weighted by Gasteiger charge is 2.22. The summed E-state index contributed by atoms with van der Waals surface area (Å²) in [4.78, 5) is 25.6. The highest BCUT2D eigenvalue weighted by Crippen LogP contribution is 2.22. The van der Waals surface area contributed by atoms with E-state index in [2.05, 4.69) is 6.92 Å². The van der Waals surface area contributed by atoms with Crippen LogP contribution in [0.25, 0.3) is 0 Å². The molecule has 21 heavy (non-hydrogen) atoms. The van der Waals surface area contributed by atoms with Crippen molar-refractivity contribution in [2.24, 2.45) is 5.92 Å². The van der Waals surface area contributed by atoms with Crippen LogP contribution < -0.4 is 0 Å². The van der Waals surface area contributed by atoms with Crippen molar-refractivity contribution in [2.45, 2.75) is 19.8 Å². The van der Waals surface area contributed by atoms with Crippen molar-refractivity contribution in [3.8, 4) is 5.75 Å². The summed E-state index contributed by atoms with van der Waals surface area (Å²) in [5.41, 5.74) is -0.0395. The molecule has 1 aromatic carbocycles. The van der Waals surface area contributed by atoms with Gasteiger partial charge in [-0.25, -0.2) is 4.79 Å². The maximum atomic E-state index is 12.0. The van der Waals surface area contributed by atoms with Gasteiger partial charge in [-0.15, -0.1) is 0 Å². The van der Waals surface area contributed by atoms with Crippen LogP contribution in [-0.4, -0.2) is 41.6 Å². The molecular weight excluding hydrogens is 294 g/mol. The number of amides is 1. The lowest BCUT2D eigenvalue weighted by atomic mass is 10.0. The molecule has 1 unspecified atom stereocenters. The Morgan fingerprint density at radius 1 is 1.48 bits per heavy atom. The number of rotatable bonds is 3. The lowest BCUT2D eigenvalue weighted by Gasteiger charge is -2.30. The van der Waals surface area contributed by atoms with E-state index in [4.69, 9.17) is 16.3 Å². The topological polar surface area (TPSA) is 66.8 Å². The standard InChI is InChI=1S/C15H18ClNO4/c1-10-3-2-6-17(8-10)14(19)9-21-15(20)12-7-11(16)4-5-13(12)18/h4-5,7,10,18H,2-3,6,8-9H2,1H3. The predicted molar refractivity (Wildman–Crippen MR) is 78.4 cm³/mol. The van der Waals surface area contributed by atoms with Gasteiger partial charge in [0.2, 0.25) is 0 Å². The highest BCUT2D eigenvalue weighted by atomic mass is 35.5. The van der Waals surface area contributed by atoms with Gasteiger partial charge in [0.05, 0.1) is 0 Å². The van der Waals surface area contributed by atoms with Gasteiger partial charge in [-0.1, -0.05) is 18.5 Å². The zero-order chi connectivity index (χ0) is 15.4. The molecule has 6 heteroatoms. The first-order valence-corrected chi connectivity index (χ1v) is 7.28. The number of carbonyl (C=O) groups excluding carboxylic acids is 2. The molecule has 114 valence electrons. The second-order valence-corrected chi connectivity index (χ2v) is 5.76. The number of benzene rings is 1. The molecular formula is C15H18ClNO4. The molecule has 1 heterocycles. The van der Waals surface area contributed by atoms with Crippen LogP contribution in [0.4, 0.5) is 0 Å². The minimum atomic E-state index is -0.756. The number of aromatic hydroxyl groups is 1. The van der Waals surface area contributed by atoms with Crippen molar-refractivity contribution in [1.29, 1.82) is 0 Å². The fourth-order valence-corrected chi connectivity index (χ4v) is 2.56. The third-order valence-electron chi connectivity index (χ3n) is 3.51. The molecule has 1 aromatic rings. The summed E-state index contributed by atoms with van der Waals surface area (Å²) in [6.45, 7) is 3.16. The molecule has 0 aromatic heterocycles. The van der Waals surface area contributed by atoms with Crippen molar-refractivity contribution in [1.82, 2.24) is 4.90 Å². The fourth-order valence-electron chi connectivity index (χ4n) is 2.38. The Bertz CT molecular complexity index is 546. The molecule has 1 aliphatic rings. The number of nitrogens with zero attached hydrogens (tertiary/aromatic N) is 1. The Labute approximate surface area is 128 Å². The van der Waals surface area contributed by atoms with Crippen molar-refractivity contribution < 1.29 is 19.4 Å². The summed E-state index contributed by atoms with van der Waals surface area (Å²) in [6, 6.07) is 4.09. The summed E-state index contributed by atoms with van der Waals surface area (Å²) in [5, 5.41) is 9.91. The number of phenolic OH excluding ortho intramolecular Hbond substituents is 1. The molecule has 1 N–H and O–H groups in total. The quantitative estimate of drug-likeness (QED) is 0.871. The first-order valence-electron chi connectivity index (χ1n) is 6.91. The first kappa shape index (κ1) is 15.6. The Balaban J connectivity index is 1.91. The molecule has 1 atom stereocenters. The zero-order valence-corrected chi connectivity index (χ0v) is 12.6. The van der Waals surface area contributed by atoms with Crippen molar-refractivity contribution in [3.05, 3.63) is 28.8 Å². The molecule has 5 nitrogen and oxygen atoms in total. The number of likely N-dealkylation sites (tertiary alicyclic amines) is 1. The van der Waals surface area contributed by atoms with Crippen LogP contribution in [0.15, 0.2) is 18.2 Å². The van der Waals surface area contributed by atoms with E-state index in [1.807, 2.05) is 0 Å². The maximum absolute atomic E-state index is 12.0. The number of hydrogen-bond acceptors (Lipinski definition) is 4. The normalized spacial score (nSPS) is 18.4. The molecule has 2 rings (SSSR count). The third-order valence-corrected chi connectivity index (χ3v) is 3.75. The average molecular weight is 312 g/mol. The summed E-state index contributed by atoms with van der Waals surface area (Å²) in [7, 11) is 0. The number of phenols is 1. The smallest absolute Gasteiger partial charge is 0.342 e. The van der Waals surface area contributed by atoms with E-state index in [1.54, 1.807) is 4.90 Å². The first-order chi connectivity index (χ1) is 9.97. The highest BCUT2D eigenvalue weighted by molar-refractivity contribution is 6.31. The van der Waals surface area contributed by atoms with Gasteiger partial charge in [-0.3, -0.25) is 4.79 Å². The van der Waals surface area contributed by atoms with Gasteiger partial charge in [0.15, 0.2) is 6.61 Å². The summed E-state index contributed by atoms with van der Waals surface area (Å²) < 4.78 is 4.97. The second kappa shape index (κ2) is 6.80. The van der Waals surface area contributed by atoms with E-state index < -0.39 is 5.97 Å². The van der Waals surface area contributed by atoms with Gasteiger partial charge in [0.25, 0.3) is 5.91 Å². The van der Waals surface area contributed by atoms with Crippen molar-refractivity contribution in [2.75, 3.05) is 19.7 Å². The monoisotopic (exact) mass is 311 g/mol. The van der Waals surface area contributed by atoms with Crippen molar-refractivity contribution >= 4 is 23.5 Å². The number of halogens is 1.